The quantitative estimate of drug-likeness (QED) is 0.336. The Morgan fingerprint density at radius 3 is 2.26 bits per heavy atom. The van der Waals surface area contributed by atoms with Crippen LogP contribution in [0.2, 0.25) is 0 Å². The Kier molecular flexibility index (Phi) is 5.98. The minimum Gasteiger partial charge on any atom is -0.370 e. The van der Waals surface area contributed by atoms with Gasteiger partial charge in [-0.1, -0.05) is 60.7 Å². The Bertz CT molecular complexity index is 1120. The van der Waals surface area contributed by atoms with Crippen molar-refractivity contribution in [2.24, 2.45) is 0 Å². The molecule has 0 bridgehead atoms. The molecule has 0 aliphatic heterocycles. The number of anilines is 1. The van der Waals surface area contributed by atoms with Gasteiger partial charge >= 0.3 is 5.69 Å². The molecule has 8 heteroatoms. The van der Waals surface area contributed by atoms with Crippen molar-refractivity contribution in [3.05, 3.63) is 106 Å². The highest BCUT2D eigenvalue weighted by Crippen LogP contribution is 2.27. The third-order valence-electron chi connectivity index (χ3n) is 4.97. The van der Waals surface area contributed by atoms with Crippen molar-refractivity contribution >= 4 is 11.5 Å². The van der Waals surface area contributed by atoms with E-state index in [0.29, 0.717) is 18.3 Å². The first kappa shape index (κ1) is 20.2. The van der Waals surface area contributed by atoms with E-state index in [4.69, 9.17) is 0 Å². The summed E-state index contributed by atoms with van der Waals surface area (Å²) in [6.07, 6.45) is 3.36. The smallest absolute Gasteiger partial charge is 0.307 e. The first-order valence-corrected chi connectivity index (χ1v) is 9.99. The lowest BCUT2D eigenvalue weighted by Gasteiger charge is -2.19. The Labute approximate surface area is 179 Å². The van der Waals surface area contributed by atoms with Crippen molar-refractivity contribution in [3.8, 4) is 5.95 Å². The van der Waals surface area contributed by atoms with Crippen LogP contribution in [0.5, 0.6) is 0 Å². The maximum absolute atomic E-state index is 10.9. The lowest BCUT2D eigenvalue weighted by molar-refractivity contribution is -0.384. The number of benzene rings is 2. The molecule has 2 heterocycles. The van der Waals surface area contributed by atoms with Gasteiger partial charge in [0.1, 0.15) is 18.2 Å². The van der Waals surface area contributed by atoms with Crippen LogP contribution in [0, 0.1) is 17.0 Å². The molecule has 0 amide bonds. The van der Waals surface area contributed by atoms with Gasteiger partial charge in [-0.25, -0.2) is 4.98 Å². The van der Waals surface area contributed by atoms with E-state index in [1.54, 1.807) is 0 Å². The summed E-state index contributed by atoms with van der Waals surface area (Å²) >= 11 is 0. The van der Waals surface area contributed by atoms with Gasteiger partial charge in [0.2, 0.25) is 0 Å². The van der Waals surface area contributed by atoms with E-state index in [9.17, 15) is 10.1 Å². The van der Waals surface area contributed by atoms with Gasteiger partial charge in [-0.3, -0.25) is 10.1 Å². The third-order valence-corrected chi connectivity index (χ3v) is 4.97. The van der Waals surface area contributed by atoms with Crippen LogP contribution in [-0.2, 0) is 0 Å². The van der Waals surface area contributed by atoms with Crippen LogP contribution in [0.4, 0.5) is 11.5 Å². The summed E-state index contributed by atoms with van der Waals surface area (Å²) in [4.78, 5) is 19.2. The maximum Gasteiger partial charge on any atom is 0.307 e. The molecule has 0 aliphatic carbocycles. The van der Waals surface area contributed by atoms with Gasteiger partial charge in [0.25, 0.3) is 5.95 Å². The molecule has 0 atom stereocenters. The van der Waals surface area contributed by atoms with Gasteiger partial charge in [-0.2, -0.15) is 14.8 Å². The molecule has 4 aromatic rings. The van der Waals surface area contributed by atoms with Crippen LogP contribution in [-0.4, -0.2) is 31.2 Å². The molecule has 0 saturated heterocycles. The standard InChI is InChI=1S/C23H22N6O2/c1-17-14-22(27-23(26-17)28-16-20(15-25-28)29(30)31)24-13-12-21(18-8-4-2-5-9-18)19-10-6-3-7-11-19/h2-11,14-16,21H,12-13H2,1H3,(H,24,26,27). The molecule has 2 aromatic carbocycles. The molecule has 0 radical (unpaired) electrons. The van der Waals surface area contributed by atoms with Gasteiger partial charge in [0, 0.05) is 24.2 Å². The summed E-state index contributed by atoms with van der Waals surface area (Å²) < 4.78 is 1.31. The summed E-state index contributed by atoms with van der Waals surface area (Å²) in [6.45, 7) is 2.55. The summed E-state index contributed by atoms with van der Waals surface area (Å²) in [5.74, 6) is 1.20. The fraction of sp³-hybridized carbons (Fsp3) is 0.174. The highest BCUT2D eigenvalue weighted by atomic mass is 16.6. The number of rotatable bonds is 8. The molecule has 1 N–H and O–H groups in total. The first-order chi connectivity index (χ1) is 15.1. The second-order valence-electron chi connectivity index (χ2n) is 7.18. The van der Waals surface area contributed by atoms with Crippen molar-refractivity contribution < 1.29 is 4.92 Å². The van der Waals surface area contributed by atoms with E-state index in [1.807, 2.05) is 25.1 Å². The summed E-state index contributed by atoms with van der Waals surface area (Å²) in [5.41, 5.74) is 3.17. The van der Waals surface area contributed by atoms with Crippen LogP contribution < -0.4 is 5.32 Å². The fourth-order valence-corrected chi connectivity index (χ4v) is 3.50. The first-order valence-electron chi connectivity index (χ1n) is 9.99. The average molecular weight is 414 g/mol. The largest absolute Gasteiger partial charge is 0.370 e. The lowest BCUT2D eigenvalue weighted by atomic mass is 9.88. The zero-order valence-electron chi connectivity index (χ0n) is 17.0. The van der Waals surface area contributed by atoms with Crippen LogP contribution in [0.25, 0.3) is 5.95 Å². The van der Waals surface area contributed by atoms with Crippen LogP contribution in [0.3, 0.4) is 0 Å². The van der Waals surface area contributed by atoms with Gasteiger partial charge in [-0.05, 0) is 24.5 Å². The molecule has 4 rings (SSSR count). The fourth-order valence-electron chi connectivity index (χ4n) is 3.50. The number of nitrogens with zero attached hydrogens (tertiary/aromatic N) is 5. The van der Waals surface area contributed by atoms with Crippen molar-refractivity contribution in [2.75, 3.05) is 11.9 Å². The predicted molar refractivity (Wildman–Crippen MR) is 118 cm³/mol. The Hall–Kier alpha value is -4.07. The molecule has 156 valence electrons. The Morgan fingerprint density at radius 2 is 1.68 bits per heavy atom. The molecular formula is C23H22N6O2. The molecule has 31 heavy (non-hydrogen) atoms. The zero-order chi connectivity index (χ0) is 21.6. The molecule has 0 fully saturated rings. The normalized spacial score (nSPS) is 10.9. The SMILES string of the molecule is Cc1cc(NCCC(c2ccccc2)c2ccccc2)nc(-n2cc([N+](=O)[O-])cn2)n1. The maximum atomic E-state index is 10.9. The number of nitro groups is 1. The van der Waals surface area contributed by atoms with Gasteiger partial charge in [0.05, 0.1) is 4.92 Å². The van der Waals surface area contributed by atoms with Gasteiger partial charge in [-0.15, -0.1) is 0 Å². The molecule has 0 aliphatic rings. The molecule has 0 unspecified atom stereocenters. The van der Waals surface area contributed by atoms with E-state index in [0.717, 1.165) is 12.1 Å². The number of hydrogen-bond donors (Lipinski definition) is 1. The third kappa shape index (κ3) is 4.92. The topological polar surface area (TPSA) is 98.8 Å². The number of nitrogens with one attached hydrogen (secondary N) is 1. The van der Waals surface area contributed by atoms with Crippen molar-refractivity contribution in [2.45, 2.75) is 19.3 Å². The summed E-state index contributed by atoms with van der Waals surface area (Å²) in [5, 5.41) is 18.3. The second-order valence-corrected chi connectivity index (χ2v) is 7.18. The van der Waals surface area contributed by atoms with E-state index >= 15 is 0 Å². The lowest BCUT2D eigenvalue weighted by Crippen LogP contribution is -2.12. The average Bonchev–Trinajstić information content (AvgIpc) is 3.29. The monoisotopic (exact) mass is 414 g/mol. The van der Waals surface area contributed by atoms with E-state index < -0.39 is 4.92 Å². The van der Waals surface area contributed by atoms with E-state index in [2.05, 4.69) is 68.9 Å². The molecule has 2 aromatic heterocycles. The summed E-state index contributed by atoms with van der Waals surface area (Å²) in [7, 11) is 0. The molecule has 0 spiro atoms. The molecule has 0 saturated carbocycles. The van der Waals surface area contributed by atoms with Crippen LogP contribution >= 0.6 is 0 Å². The van der Waals surface area contributed by atoms with Gasteiger partial charge in [0.15, 0.2) is 0 Å². The Morgan fingerprint density at radius 1 is 1.03 bits per heavy atom. The van der Waals surface area contributed by atoms with Crippen molar-refractivity contribution in [3.63, 3.8) is 0 Å². The Balaban J connectivity index is 1.50. The van der Waals surface area contributed by atoms with Crippen LogP contribution in [0.15, 0.2) is 79.1 Å². The minimum absolute atomic E-state index is 0.104. The second kappa shape index (κ2) is 9.17. The number of hydrogen-bond acceptors (Lipinski definition) is 6. The van der Waals surface area contributed by atoms with E-state index in [-0.39, 0.29) is 11.6 Å². The highest BCUT2D eigenvalue weighted by Gasteiger charge is 2.15. The highest BCUT2D eigenvalue weighted by molar-refractivity contribution is 5.40. The number of aryl methyl sites for hydroxylation is 1. The zero-order valence-corrected chi connectivity index (χ0v) is 17.0. The van der Waals surface area contributed by atoms with E-state index in [1.165, 1.54) is 28.2 Å². The molecule has 8 nitrogen and oxygen atoms in total. The predicted octanol–water partition coefficient (Wildman–Crippen LogP) is 4.51. The molecular weight excluding hydrogens is 392 g/mol. The van der Waals surface area contributed by atoms with Crippen molar-refractivity contribution in [1.82, 2.24) is 19.7 Å². The number of aromatic nitrogens is 4. The van der Waals surface area contributed by atoms with Crippen molar-refractivity contribution in [1.29, 1.82) is 0 Å². The van der Waals surface area contributed by atoms with Crippen LogP contribution in [0.1, 0.15) is 29.2 Å². The minimum atomic E-state index is -0.494. The van der Waals surface area contributed by atoms with Gasteiger partial charge < -0.3 is 5.32 Å². The summed E-state index contributed by atoms with van der Waals surface area (Å²) in [6, 6.07) is 22.7.